The quantitative estimate of drug-likeness (QED) is 0.510. The first-order valence-electron chi connectivity index (χ1n) is 5.28. The molecule has 0 aromatic carbocycles. The molecule has 0 aliphatic heterocycles. The largest absolute Gasteiger partial charge is 0.296 e. The van der Waals surface area contributed by atoms with Crippen molar-refractivity contribution < 1.29 is 4.79 Å². The van der Waals surface area contributed by atoms with Gasteiger partial charge in [-0.2, -0.15) is 0 Å². The minimum Gasteiger partial charge on any atom is -0.296 e. The average molecular weight is 235 g/mol. The first-order chi connectivity index (χ1) is 7.77. The summed E-state index contributed by atoms with van der Waals surface area (Å²) in [6.07, 6.45) is 4.25. The molecule has 2 nitrogen and oxygen atoms in total. The molecule has 0 saturated carbocycles. The van der Waals surface area contributed by atoms with Gasteiger partial charge in [-0.1, -0.05) is 18.2 Å². The average Bonchev–Trinajstić information content (AvgIpc) is 2.79. The van der Waals surface area contributed by atoms with Crippen LogP contribution in [0.2, 0.25) is 0 Å². The highest BCUT2D eigenvalue weighted by Crippen LogP contribution is 2.11. The molecular formula is C13H17NOS. The molecule has 3 heteroatoms. The summed E-state index contributed by atoms with van der Waals surface area (Å²) in [5, 5.41) is 1.93. The highest BCUT2D eigenvalue weighted by Gasteiger charge is 2.08. The Labute approximate surface area is 101 Å². The van der Waals surface area contributed by atoms with Gasteiger partial charge in [0.05, 0.1) is 4.88 Å². The molecule has 0 N–H and O–H groups in total. The zero-order valence-electron chi connectivity index (χ0n) is 9.39. The lowest BCUT2D eigenvalue weighted by atomic mass is 10.2. The Morgan fingerprint density at radius 1 is 1.38 bits per heavy atom. The van der Waals surface area contributed by atoms with Crippen molar-refractivity contribution in [3.63, 3.8) is 0 Å². The Hall–Kier alpha value is -1.19. The minimum absolute atomic E-state index is 0.216. The summed E-state index contributed by atoms with van der Waals surface area (Å²) < 4.78 is 0. The number of Topliss-reactive ketones (excluding diaryl/α,β-unsaturated/α-hetero) is 1. The Balaban J connectivity index is 2.39. The first kappa shape index (κ1) is 12.9. The van der Waals surface area contributed by atoms with Crippen molar-refractivity contribution in [3.05, 3.63) is 47.7 Å². The predicted molar refractivity (Wildman–Crippen MR) is 70.1 cm³/mol. The molecule has 0 amide bonds. The molecule has 1 rings (SSSR count). The topological polar surface area (TPSA) is 20.3 Å². The van der Waals surface area contributed by atoms with E-state index in [1.54, 1.807) is 0 Å². The van der Waals surface area contributed by atoms with E-state index in [-0.39, 0.29) is 5.78 Å². The van der Waals surface area contributed by atoms with Gasteiger partial charge in [0.2, 0.25) is 0 Å². The van der Waals surface area contributed by atoms with Crippen LogP contribution in [0, 0.1) is 0 Å². The molecule has 0 saturated heterocycles. The number of nitrogens with zero attached hydrogens (tertiary/aromatic N) is 1. The predicted octanol–water partition coefficient (Wildman–Crippen LogP) is 2.99. The van der Waals surface area contributed by atoms with E-state index in [9.17, 15) is 4.79 Å². The van der Waals surface area contributed by atoms with Crippen LogP contribution in [-0.2, 0) is 0 Å². The molecule has 0 aliphatic rings. The summed E-state index contributed by atoms with van der Waals surface area (Å²) in [5.41, 5.74) is 0. The zero-order chi connectivity index (χ0) is 11.8. The monoisotopic (exact) mass is 235 g/mol. The number of thiophene rings is 1. The van der Waals surface area contributed by atoms with Gasteiger partial charge in [-0.05, 0) is 11.4 Å². The Morgan fingerprint density at radius 2 is 2.06 bits per heavy atom. The molecule has 1 heterocycles. The lowest BCUT2D eigenvalue weighted by Crippen LogP contribution is -2.26. The molecule has 0 fully saturated rings. The van der Waals surface area contributed by atoms with Crippen LogP contribution in [0.5, 0.6) is 0 Å². The van der Waals surface area contributed by atoms with Crippen molar-refractivity contribution in [3.8, 4) is 0 Å². The molecule has 86 valence electrons. The first-order valence-corrected chi connectivity index (χ1v) is 6.16. The molecule has 16 heavy (non-hydrogen) atoms. The molecule has 0 radical (unpaired) electrons. The number of carbonyl (C=O) groups is 1. The van der Waals surface area contributed by atoms with Gasteiger partial charge < -0.3 is 0 Å². The van der Waals surface area contributed by atoms with Crippen LogP contribution >= 0.6 is 11.3 Å². The number of hydrogen-bond acceptors (Lipinski definition) is 3. The summed E-state index contributed by atoms with van der Waals surface area (Å²) in [5.74, 6) is 0.216. The fourth-order valence-corrected chi connectivity index (χ4v) is 2.14. The van der Waals surface area contributed by atoms with E-state index in [1.807, 2.05) is 29.7 Å². The summed E-state index contributed by atoms with van der Waals surface area (Å²) in [6, 6.07) is 3.78. The van der Waals surface area contributed by atoms with Crippen LogP contribution in [0.25, 0.3) is 0 Å². The fourth-order valence-electron chi connectivity index (χ4n) is 1.44. The van der Waals surface area contributed by atoms with Gasteiger partial charge in [0, 0.05) is 26.1 Å². The van der Waals surface area contributed by atoms with Gasteiger partial charge in [-0.3, -0.25) is 9.69 Å². The van der Waals surface area contributed by atoms with Crippen molar-refractivity contribution in [1.82, 2.24) is 4.90 Å². The number of ketones is 1. The van der Waals surface area contributed by atoms with Crippen molar-refractivity contribution >= 4 is 17.1 Å². The van der Waals surface area contributed by atoms with Crippen LogP contribution in [0.3, 0.4) is 0 Å². The van der Waals surface area contributed by atoms with Crippen LogP contribution in [0.1, 0.15) is 16.1 Å². The summed E-state index contributed by atoms with van der Waals surface area (Å²) in [7, 11) is 0. The van der Waals surface area contributed by atoms with E-state index >= 15 is 0 Å². The molecular weight excluding hydrogens is 218 g/mol. The summed E-state index contributed by atoms with van der Waals surface area (Å²) in [6.45, 7) is 9.75. The smallest absolute Gasteiger partial charge is 0.174 e. The van der Waals surface area contributed by atoms with Crippen LogP contribution < -0.4 is 0 Å². The second-order valence-corrected chi connectivity index (χ2v) is 4.44. The molecule has 1 aromatic heterocycles. The van der Waals surface area contributed by atoms with Crippen LogP contribution in [0.4, 0.5) is 0 Å². The highest BCUT2D eigenvalue weighted by molar-refractivity contribution is 7.12. The fraction of sp³-hybridized carbons (Fsp3) is 0.308. The van der Waals surface area contributed by atoms with Gasteiger partial charge in [0.25, 0.3) is 0 Å². The van der Waals surface area contributed by atoms with E-state index < -0.39 is 0 Å². The maximum absolute atomic E-state index is 11.8. The van der Waals surface area contributed by atoms with Crippen molar-refractivity contribution in [2.45, 2.75) is 6.42 Å². The number of rotatable bonds is 8. The second-order valence-electron chi connectivity index (χ2n) is 3.49. The maximum Gasteiger partial charge on any atom is 0.174 e. The molecule has 0 atom stereocenters. The SMILES string of the molecule is C=CCN(CC=C)CCC(=O)c1cccs1. The van der Waals surface area contributed by atoms with E-state index in [0.29, 0.717) is 6.42 Å². The molecule has 0 aliphatic carbocycles. The highest BCUT2D eigenvalue weighted by atomic mass is 32.1. The molecule has 1 aromatic rings. The summed E-state index contributed by atoms with van der Waals surface area (Å²) >= 11 is 1.50. The Bertz CT molecular complexity index is 333. The van der Waals surface area contributed by atoms with Crippen molar-refractivity contribution in [1.29, 1.82) is 0 Å². The molecule has 0 spiro atoms. The normalized spacial score (nSPS) is 10.3. The van der Waals surface area contributed by atoms with E-state index in [0.717, 1.165) is 24.5 Å². The van der Waals surface area contributed by atoms with Gasteiger partial charge in [-0.25, -0.2) is 0 Å². The third-order valence-corrected chi connectivity index (χ3v) is 3.14. The summed E-state index contributed by atoms with van der Waals surface area (Å²) in [4.78, 5) is 14.7. The molecule has 0 bridgehead atoms. The maximum atomic E-state index is 11.8. The van der Waals surface area contributed by atoms with E-state index in [2.05, 4.69) is 18.1 Å². The van der Waals surface area contributed by atoms with Crippen molar-refractivity contribution in [2.24, 2.45) is 0 Å². The second kappa shape index (κ2) is 7.14. The van der Waals surface area contributed by atoms with Gasteiger partial charge in [0.15, 0.2) is 5.78 Å². The Morgan fingerprint density at radius 3 is 2.56 bits per heavy atom. The molecule has 0 unspecified atom stereocenters. The zero-order valence-corrected chi connectivity index (χ0v) is 10.2. The van der Waals surface area contributed by atoms with E-state index in [4.69, 9.17) is 0 Å². The third-order valence-electron chi connectivity index (χ3n) is 2.23. The van der Waals surface area contributed by atoms with Crippen molar-refractivity contribution in [2.75, 3.05) is 19.6 Å². The van der Waals surface area contributed by atoms with Crippen LogP contribution in [-0.4, -0.2) is 30.3 Å². The Kier molecular flexibility index (Phi) is 5.75. The minimum atomic E-state index is 0.216. The third kappa shape index (κ3) is 4.13. The lowest BCUT2D eigenvalue weighted by Gasteiger charge is -2.17. The van der Waals surface area contributed by atoms with Gasteiger partial charge >= 0.3 is 0 Å². The van der Waals surface area contributed by atoms with E-state index in [1.165, 1.54) is 11.3 Å². The van der Waals surface area contributed by atoms with Crippen LogP contribution in [0.15, 0.2) is 42.8 Å². The number of hydrogen-bond donors (Lipinski definition) is 0. The lowest BCUT2D eigenvalue weighted by molar-refractivity contribution is 0.0972. The van der Waals surface area contributed by atoms with Gasteiger partial charge in [-0.15, -0.1) is 24.5 Å². The van der Waals surface area contributed by atoms with Gasteiger partial charge in [0.1, 0.15) is 0 Å². The standard InChI is InChI=1S/C13H17NOS/c1-3-8-14(9-4-2)10-7-12(15)13-6-5-11-16-13/h3-6,11H,1-2,7-10H2. The number of carbonyl (C=O) groups excluding carboxylic acids is 1.